The molecular formula is C15H14BrClOS2. The van der Waals surface area contributed by atoms with E-state index in [1.807, 2.05) is 24.3 Å². The van der Waals surface area contributed by atoms with Crippen LogP contribution in [0.5, 0.6) is 0 Å². The fraction of sp³-hybridized carbons (Fsp3) is 0.200. The van der Waals surface area contributed by atoms with Crippen LogP contribution in [0.15, 0.2) is 62.8 Å². The summed E-state index contributed by atoms with van der Waals surface area (Å²) in [6, 6.07) is 16.2. The second kappa shape index (κ2) is 8.35. The highest BCUT2D eigenvalue weighted by molar-refractivity contribution is 9.10. The quantitative estimate of drug-likeness (QED) is 0.445. The van der Waals surface area contributed by atoms with Gasteiger partial charge in [0.25, 0.3) is 0 Å². The highest BCUT2D eigenvalue weighted by Crippen LogP contribution is 2.30. The van der Waals surface area contributed by atoms with Crippen molar-refractivity contribution in [1.82, 2.24) is 0 Å². The summed E-state index contributed by atoms with van der Waals surface area (Å²) in [5.41, 5.74) is 0.116. The Morgan fingerprint density at radius 2 is 1.65 bits per heavy atom. The van der Waals surface area contributed by atoms with Gasteiger partial charge in [-0.15, -0.1) is 11.8 Å². The molecule has 1 unspecified atom stereocenters. The number of halogens is 2. The summed E-state index contributed by atoms with van der Waals surface area (Å²) in [5.74, 6) is 0.894. The van der Waals surface area contributed by atoms with E-state index in [9.17, 15) is 0 Å². The first-order chi connectivity index (χ1) is 9.67. The molecule has 2 rings (SSSR count). The van der Waals surface area contributed by atoms with Crippen LogP contribution in [-0.4, -0.2) is 18.3 Å². The number of benzene rings is 2. The summed E-state index contributed by atoms with van der Waals surface area (Å²) in [6.45, 7) is 0. The molecule has 0 fully saturated rings. The van der Waals surface area contributed by atoms with Crippen molar-refractivity contribution in [2.75, 3.05) is 12.9 Å². The van der Waals surface area contributed by atoms with Crippen molar-refractivity contribution in [2.45, 2.75) is 15.2 Å². The van der Waals surface area contributed by atoms with Crippen molar-refractivity contribution in [1.29, 1.82) is 0 Å². The maximum absolute atomic E-state index is 5.89. The molecule has 0 amide bonds. The summed E-state index contributed by atoms with van der Waals surface area (Å²) in [7, 11) is 1.75. The van der Waals surface area contributed by atoms with E-state index in [0.717, 1.165) is 20.1 Å². The lowest BCUT2D eigenvalue weighted by molar-refractivity contribution is 0.191. The van der Waals surface area contributed by atoms with Gasteiger partial charge in [-0.25, -0.2) is 0 Å². The molecule has 5 heteroatoms. The minimum atomic E-state index is 0.116. The van der Waals surface area contributed by atoms with Crippen molar-refractivity contribution >= 4 is 51.1 Å². The highest BCUT2D eigenvalue weighted by Gasteiger charge is 2.10. The first kappa shape index (κ1) is 16.2. The molecule has 0 N–H and O–H groups in total. The van der Waals surface area contributed by atoms with Gasteiger partial charge in [-0.05, 0) is 48.5 Å². The van der Waals surface area contributed by atoms with Crippen LogP contribution in [0.25, 0.3) is 0 Å². The average molecular weight is 390 g/mol. The van der Waals surface area contributed by atoms with E-state index < -0.39 is 0 Å². The fourth-order valence-electron chi connectivity index (χ4n) is 1.51. The smallest absolute Gasteiger partial charge is 0.116 e. The van der Waals surface area contributed by atoms with Gasteiger partial charge in [-0.3, -0.25) is 0 Å². The van der Waals surface area contributed by atoms with Gasteiger partial charge in [0.05, 0.1) is 0 Å². The molecule has 0 aliphatic rings. The number of hydrogen-bond donors (Lipinski definition) is 0. The number of ether oxygens (including phenoxy) is 1. The maximum Gasteiger partial charge on any atom is 0.116 e. The summed E-state index contributed by atoms with van der Waals surface area (Å²) in [5, 5.41) is 0.757. The molecule has 2 aromatic carbocycles. The fourth-order valence-corrected chi connectivity index (χ4v) is 3.86. The maximum atomic E-state index is 5.89. The zero-order valence-corrected chi connectivity index (χ0v) is 14.9. The molecule has 1 atom stereocenters. The van der Waals surface area contributed by atoms with Crippen molar-refractivity contribution in [3.05, 3.63) is 58.0 Å². The third kappa shape index (κ3) is 5.34. The molecule has 0 saturated heterocycles. The van der Waals surface area contributed by atoms with Gasteiger partial charge in [-0.2, -0.15) is 0 Å². The Labute approximate surface area is 141 Å². The lowest BCUT2D eigenvalue weighted by atomic mass is 10.4. The Hall–Kier alpha value is -0.130. The molecule has 0 spiro atoms. The molecule has 2 aromatic rings. The SMILES string of the molecule is COC(CSc1ccc(Br)cc1)Sc1ccc(Cl)cc1. The molecule has 0 heterocycles. The topological polar surface area (TPSA) is 9.23 Å². The highest BCUT2D eigenvalue weighted by atomic mass is 79.9. The van der Waals surface area contributed by atoms with Crippen LogP contribution in [0.2, 0.25) is 5.02 Å². The summed E-state index contributed by atoms with van der Waals surface area (Å²) >= 11 is 12.8. The van der Waals surface area contributed by atoms with E-state index in [0.29, 0.717) is 0 Å². The number of thioether (sulfide) groups is 2. The normalized spacial score (nSPS) is 12.3. The van der Waals surface area contributed by atoms with Crippen LogP contribution in [-0.2, 0) is 4.74 Å². The van der Waals surface area contributed by atoms with E-state index in [2.05, 4.69) is 40.2 Å². The van der Waals surface area contributed by atoms with Crippen molar-refractivity contribution < 1.29 is 4.74 Å². The van der Waals surface area contributed by atoms with Gasteiger partial charge in [0.15, 0.2) is 0 Å². The van der Waals surface area contributed by atoms with E-state index in [4.69, 9.17) is 16.3 Å². The first-order valence-electron chi connectivity index (χ1n) is 6.01. The van der Waals surface area contributed by atoms with Crippen LogP contribution in [0, 0.1) is 0 Å². The zero-order valence-electron chi connectivity index (χ0n) is 10.9. The second-order valence-electron chi connectivity index (χ2n) is 4.00. The summed E-state index contributed by atoms with van der Waals surface area (Å²) in [6.07, 6.45) is 0. The molecule has 1 nitrogen and oxygen atoms in total. The average Bonchev–Trinajstić information content (AvgIpc) is 2.47. The van der Waals surface area contributed by atoms with Gasteiger partial charge in [-0.1, -0.05) is 39.3 Å². The first-order valence-corrected chi connectivity index (χ1v) is 9.04. The van der Waals surface area contributed by atoms with E-state index in [1.165, 1.54) is 4.90 Å². The molecule has 0 aliphatic carbocycles. The monoisotopic (exact) mass is 388 g/mol. The van der Waals surface area contributed by atoms with Gasteiger partial charge in [0.2, 0.25) is 0 Å². The van der Waals surface area contributed by atoms with Crippen LogP contribution >= 0.6 is 51.1 Å². The standard InChI is InChI=1S/C15H14BrClOS2/c1-18-15(20-14-8-4-12(17)5-9-14)10-19-13-6-2-11(16)3-7-13/h2-9,15H,10H2,1H3. The summed E-state index contributed by atoms with van der Waals surface area (Å²) in [4.78, 5) is 2.41. The molecule has 106 valence electrons. The predicted octanol–water partition coefficient (Wildman–Crippen LogP) is 5.96. The number of methoxy groups -OCH3 is 1. The van der Waals surface area contributed by atoms with Crippen LogP contribution in [0.4, 0.5) is 0 Å². The van der Waals surface area contributed by atoms with Crippen LogP contribution < -0.4 is 0 Å². The van der Waals surface area contributed by atoms with Gasteiger partial charge >= 0.3 is 0 Å². The lowest BCUT2D eigenvalue weighted by Gasteiger charge is -2.14. The second-order valence-corrected chi connectivity index (χ2v) is 7.68. The van der Waals surface area contributed by atoms with E-state index in [1.54, 1.807) is 30.6 Å². The largest absolute Gasteiger partial charge is 0.370 e. The van der Waals surface area contributed by atoms with Crippen molar-refractivity contribution in [2.24, 2.45) is 0 Å². The molecule has 20 heavy (non-hydrogen) atoms. The summed E-state index contributed by atoms with van der Waals surface area (Å²) < 4.78 is 6.63. The number of rotatable bonds is 6. The Kier molecular flexibility index (Phi) is 6.78. The van der Waals surface area contributed by atoms with Gasteiger partial charge in [0, 0.05) is 32.1 Å². The van der Waals surface area contributed by atoms with Gasteiger partial charge in [0.1, 0.15) is 5.44 Å². The van der Waals surface area contributed by atoms with Crippen LogP contribution in [0.3, 0.4) is 0 Å². The molecule has 0 aromatic heterocycles. The molecule has 0 radical (unpaired) electrons. The van der Waals surface area contributed by atoms with Gasteiger partial charge < -0.3 is 4.74 Å². The lowest BCUT2D eigenvalue weighted by Crippen LogP contribution is -2.08. The van der Waals surface area contributed by atoms with E-state index >= 15 is 0 Å². The third-order valence-corrected chi connectivity index (χ3v) is 5.78. The Bertz CT molecular complexity index is 531. The molecule has 0 saturated carbocycles. The van der Waals surface area contributed by atoms with E-state index in [-0.39, 0.29) is 5.44 Å². The minimum Gasteiger partial charge on any atom is -0.370 e. The van der Waals surface area contributed by atoms with Crippen molar-refractivity contribution in [3.63, 3.8) is 0 Å². The molecular weight excluding hydrogens is 376 g/mol. The Balaban J connectivity index is 1.88. The molecule has 0 aliphatic heterocycles. The molecule has 0 bridgehead atoms. The van der Waals surface area contributed by atoms with Crippen molar-refractivity contribution in [3.8, 4) is 0 Å². The minimum absolute atomic E-state index is 0.116. The predicted molar refractivity (Wildman–Crippen MR) is 93.0 cm³/mol. The third-order valence-electron chi connectivity index (χ3n) is 2.54. The number of hydrogen-bond acceptors (Lipinski definition) is 3. The van der Waals surface area contributed by atoms with Crippen LogP contribution in [0.1, 0.15) is 0 Å². The Morgan fingerprint density at radius 3 is 2.25 bits per heavy atom. The Morgan fingerprint density at radius 1 is 1.05 bits per heavy atom. The zero-order chi connectivity index (χ0) is 14.4.